The monoisotopic (exact) mass is 228 g/mol. The average molecular weight is 228 g/mol. The van der Waals surface area contributed by atoms with E-state index in [1.54, 1.807) is 0 Å². The van der Waals surface area contributed by atoms with E-state index in [1.807, 2.05) is 0 Å². The van der Waals surface area contributed by atoms with Crippen molar-refractivity contribution in [2.45, 2.75) is 27.2 Å². The van der Waals surface area contributed by atoms with Crippen LogP contribution in [0.1, 0.15) is 23.7 Å². The smallest absolute Gasteiger partial charge is 0.0736 e. The van der Waals surface area contributed by atoms with Gasteiger partial charge in [0.05, 0.1) is 5.52 Å². The molecule has 1 aromatic heterocycles. The molecule has 1 aromatic carbocycles. The molecule has 0 atom stereocenters. The Bertz CT molecular complexity index is 556. The number of anilines is 1. The number of aromatic nitrogens is 1. The Morgan fingerprint density at radius 3 is 2.35 bits per heavy atom. The number of aryl methyl sites for hydroxylation is 3. The molecule has 0 amide bonds. The van der Waals surface area contributed by atoms with E-state index in [0.717, 1.165) is 11.9 Å². The lowest BCUT2D eigenvalue weighted by Gasteiger charge is -2.15. The van der Waals surface area contributed by atoms with Gasteiger partial charge >= 0.3 is 0 Å². The second-order valence-electron chi connectivity index (χ2n) is 4.83. The number of fused-ring (bicyclic) bond motifs is 1. The lowest BCUT2D eigenvalue weighted by atomic mass is 10.0. The summed E-state index contributed by atoms with van der Waals surface area (Å²) < 4.78 is 0. The van der Waals surface area contributed by atoms with E-state index in [1.165, 1.54) is 27.9 Å². The zero-order valence-corrected chi connectivity index (χ0v) is 11.3. The van der Waals surface area contributed by atoms with E-state index < -0.39 is 0 Å². The second-order valence-corrected chi connectivity index (χ2v) is 4.83. The van der Waals surface area contributed by atoms with Crippen molar-refractivity contribution < 1.29 is 0 Å². The van der Waals surface area contributed by atoms with Gasteiger partial charge in [0.15, 0.2) is 0 Å². The molecule has 17 heavy (non-hydrogen) atoms. The van der Waals surface area contributed by atoms with Crippen molar-refractivity contribution in [3.63, 3.8) is 0 Å². The quantitative estimate of drug-likeness (QED) is 0.782. The molecule has 0 spiro atoms. The molecular weight excluding hydrogens is 208 g/mol. The Labute approximate surface area is 103 Å². The first kappa shape index (κ1) is 11.9. The summed E-state index contributed by atoms with van der Waals surface area (Å²) in [6.45, 7) is 6.44. The van der Waals surface area contributed by atoms with Crippen LogP contribution in [0, 0.1) is 13.8 Å². The van der Waals surface area contributed by atoms with Gasteiger partial charge in [-0.25, -0.2) is 0 Å². The van der Waals surface area contributed by atoms with E-state index >= 15 is 0 Å². The van der Waals surface area contributed by atoms with Gasteiger partial charge in [-0.3, -0.25) is 4.98 Å². The largest absolute Gasteiger partial charge is 0.378 e. The molecule has 0 aliphatic heterocycles. The van der Waals surface area contributed by atoms with E-state index in [2.05, 4.69) is 58.0 Å². The van der Waals surface area contributed by atoms with Crippen LogP contribution in [0.15, 0.2) is 18.2 Å². The third-order valence-corrected chi connectivity index (χ3v) is 3.24. The molecule has 0 aliphatic rings. The fourth-order valence-electron chi connectivity index (χ4n) is 2.21. The Kier molecular flexibility index (Phi) is 3.05. The molecule has 2 aromatic rings. The summed E-state index contributed by atoms with van der Waals surface area (Å²) in [5, 5.41) is 1.24. The summed E-state index contributed by atoms with van der Waals surface area (Å²) in [6, 6.07) is 6.66. The van der Waals surface area contributed by atoms with Gasteiger partial charge in [-0.1, -0.05) is 6.92 Å². The molecule has 2 heteroatoms. The van der Waals surface area contributed by atoms with Crippen molar-refractivity contribution in [3.05, 3.63) is 35.0 Å². The third kappa shape index (κ3) is 2.12. The summed E-state index contributed by atoms with van der Waals surface area (Å²) in [5.41, 5.74) is 6.12. The second kappa shape index (κ2) is 4.36. The molecule has 0 bridgehead atoms. The SMILES string of the molecule is CCc1nc2c(C)cc(N(C)C)cc2cc1C. The molecule has 90 valence electrons. The first-order chi connectivity index (χ1) is 8.02. The molecule has 0 aliphatic carbocycles. The van der Waals surface area contributed by atoms with E-state index in [4.69, 9.17) is 4.98 Å². The number of hydrogen-bond acceptors (Lipinski definition) is 2. The van der Waals surface area contributed by atoms with Crippen LogP contribution in [0.2, 0.25) is 0 Å². The number of benzene rings is 1. The van der Waals surface area contributed by atoms with Crippen molar-refractivity contribution in [1.82, 2.24) is 4.98 Å². The maximum atomic E-state index is 4.77. The van der Waals surface area contributed by atoms with Gasteiger partial charge < -0.3 is 4.90 Å². The normalized spacial score (nSPS) is 10.9. The van der Waals surface area contributed by atoms with Crippen molar-refractivity contribution in [3.8, 4) is 0 Å². The van der Waals surface area contributed by atoms with Crippen LogP contribution in [0.25, 0.3) is 10.9 Å². The topological polar surface area (TPSA) is 16.1 Å². The molecule has 1 heterocycles. The average Bonchev–Trinajstić information content (AvgIpc) is 2.27. The van der Waals surface area contributed by atoms with Crippen molar-refractivity contribution in [2.24, 2.45) is 0 Å². The first-order valence-corrected chi connectivity index (χ1v) is 6.11. The van der Waals surface area contributed by atoms with Crippen LogP contribution in [-0.2, 0) is 6.42 Å². The molecule has 0 saturated heterocycles. The molecule has 2 nitrogen and oxygen atoms in total. The van der Waals surface area contributed by atoms with Gasteiger partial charge in [0.1, 0.15) is 0 Å². The van der Waals surface area contributed by atoms with Gasteiger partial charge in [-0.05, 0) is 49.6 Å². The highest BCUT2D eigenvalue weighted by Gasteiger charge is 2.07. The lowest BCUT2D eigenvalue weighted by molar-refractivity contribution is 1.03. The standard InChI is InChI=1S/C15H20N2/c1-6-14-10(2)7-12-9-13(17(4)5)8-11(3)15(12)16-14/h7-9H,6H2,1-5H3. The lowest BCUT2D eigenvalue weighted by Crippen LogP contribution is -2.09. The zero-order valence-electron chi connectivity index (χ0n) is 11.3. The Morgan fingerprint density at radius 2 is 1.76 bits per heavy atom. The first-order valence-electron chi connectivity index (χ1n) is 6.11. The number of nitrogens with zero attached hydrogens (tertiary/aromatic N) is 2. The Morgan fingerprint density at radius 1 is 1.06 bits per heavy atom. The number of hydrogen-bond donors (Lipinski definition) is 0. The van der Waals surface area contributed by atoms with Crippen LogP contribution < -0.4 is 4.90 Å². The van der Waals surface area contributed by atoms with Crippen LogP contribution >= 0.6 is 0 Å². The van der Waals surface area contributed by atoms with Gasteiger partial charge in [0, 0.05) is 30.9 Å². The molecular formula is C15H20N2. The molecule has 0 unspecified atom stereocenters. The van der Waals surface area contributed by atoms with E-state index in [0.29, 0.717) is 0 Å². The summed E-state index contributed by atoms with van der Waals surface area (Å²) in [6.07, 6.45) is 0.997. The van der Waals surface area contributed by atoms with Gasteiger partial charge in [-0.15, -0.1) is 0 Å². The fraction of sp³-hybridized carbons (Fsp3) is 0.400. The highest BCUT2D eigenvalue weighted by molar-refractivity contribution is 5.86. The molecule has 0 saturated carbocycles. The minimum atomic E-state index is 0.997. The molecule has 0 radical (unpaired) electrons. The van der Waals surface area contributed by atoms with E-state index in [9.17, 15) is 0 Å². The van der Waals surface area contributed by atoms with Crippen molar-refractivity contribution >= 4 is 16.6 Å². The Hall–Kier alpha value is -1.57. The molecule has 0 N–H and O–H groups in total. The van der Waals surface area contributed by atoms with Gasteiger partial charge in [0.25, 0.3) is 0 Å². The summed E-state index contributed by atoms with van der Waals surface area (Å²) in [4.78, 5) is 6.91. The third-order valence-electron chi connectivity index (χ3n) is 3.24. The van der Waals surface area contributed by atoms with Crippen LogP contribution in [0.4, 0.5) is 5.69 Å². The summed E-state index contributed by atoms with van der Waals surface area (Å²) >= 11 is 0. The van der Waals surface area contributed by atoms with Crippen molar-refractivity contribution in [1.29, 1.82) is 0 Å². The maximum Gasteiger partial charge on any atom is 0.0736 e. The Balaban J connectivity index is 2.73. The molecule has 2 rings (SSSR count). The van der Waals surface area contributed by atoms with Gasteiger partial charge in [-0.2, -0.15) is 0 Å². The van der Waals surface area contributed by atoms with Crippen LogP contribution in [0.3, 0.4) is 0 Å². The van der Waals surface area contributed by atoms with Crippen LogP contribution in [0.5, 0.6) is 0 Å². The minimum Gasteiger partial charge on any atom is -0.378 e. The maximum absolute atomic E-state index is 4.77. The highest BCUT2D eigenvalue weighted by atomic mass is 15.1. The number of rotatable bonds is 2. The summed E-state index contributed by atoms with van der Waals surface area (Å²) in [5.74, 6) is 0. The minimum absolute atomic E-state index is 0.997. The van der Waals surface area contributed by atoms with Crippen molar-refractivity contribution in [2.75, 3.05) is 19.0 Å². The van der Waals surface area contributed by atoms with Gasteiger partial charge in [0.2, 0.25) is 0 Å². The predicted molar refractivity (Wildman–Crippen MR) is 74.9 cm³/mol. The van der Waals surface area contributed by atoms with Crippen LogP contribution in [-0.4, -0.2) is 19.1 Å². The highest BCUT2D eigenvalue weighted by Crippen LogP contribution is 2.25. The molecule has 0 fully saturated rings. The van der Waals surface area contributed by atoms with E-state index in [-0.39, 0.29) is 0 Å². The summed E-state index contributed by atoms with van der Waals surface area (Å²) in [7, 11) is 4.14. The predicted octanol–water partition coefficient (Wildman–Crippen LogP) is 3.48. The zero-order chi connectivity index (χ0) is 12.6. The number of pyridine rings is 1. The fourth-order valence-corrected chi connectivity index (χ4v) is 2.21.